The lowest BCUT2D eigenvalue weighted by molar-refractivity contribution is -0.119. The number of hydrogen-bond acceptors (Lipinski definition) is 8. The van der Waals surface area contributed by atoms with Crippen LogP contribution in [0.2, 0.25) is 0 Å². The van der Waals surface area contributed by atoms with E-state index in [1.54, 1.807) is 6.33 Å². The van der Waals surface area contributed by atoms with Crippen molar-refractivity contribution in [1.82, 2.24) is 25.1 Å². The van der Waals surface area contributed by atoms with Crippen LogP contribution >= 0.6 is 0 Å². The normalized spacial score (nSPS) is 28.6. The number of aromatic nitrogens is 2. The summed E-state index contributed by atoms with van der Waals surface area (Å²) in [6, 6.07) is 0.130. The number of likely N-dealkylation sites (tertiary alicyclic amines) is 1. The SMILES string of the molecule is CN1C(C(=O)NCC2CC(O)C2)=CC(OC[C@H]2CCCN2C2=NCNc3nc[nH]c32)=C2C=CC=CC21. The molecule has 0 bridgehead atoms. The van der Waals surface area contributed by atoms with Gasteiger partial charge in [-0.25, -0.2) is 9.98 Å². The Labute approximate surface area is 210 Å². The number of hydrogen-bond donors (Lipinski definition) is 4. The molecule has 4 N–H and O–H groups in total. The Morgan fingerprint density at radius 2 is 2.22 bits per heavy atom. The van der Waals surface area contributed by atoms with Gasteiger partial charge in [-0.3, -0.25) is 4.79 Å². The molecule has 5 aliphatic rings. The molecular formula is C26H33N7O3. The van der Waals surface area contributed by atoms with E-state index < -0.39 is 0 Å². The Morgan fingerprint density at radius 1 is 1.33 bits per heavy atom. The Morgan fingerprint density at radius 3 is 3.08 bits per heavy atom. The quantitative estimate of drug-likeness (QED) is 0.476. The second-order valence-corrected chi connectivity index (χ2v) is 10.1. The third kappa shape index (κ3) is 4.19. The maximum atomic E-state index is 13.1. The third-order valence-electron chi connectivity index (χ3n) is 7.76. The standard InChI is InChI=1S/C26H33N7O3/c1-32-20-7-3-2-6-19(20)22(11-21(32)26(35)27-12-16-9-18(34)10-16)36-13-17-5-4-8-33(17)25-23-24(29-14-28-23)30-15-31-25/h2-3,6-7,11,14,16-18,20,30,34H,4-5,8-10,12-13,15H2,1H3,(H,27,35)(H,28,29)/t16?,17-,18?,20?/m1/s1. The lowest BCUT2D eigenvalue weighted by Gasteiger charge is -2.37. The third-order valence-corrected chi connectivity index (χ3v) is 7.76. The maximum Gasteiger partial charge on any atom is 0.267 e. The number of anilines is 1. The van der Waals surface area contributed by atoms with E-state index in [0.717, 1.165) is 60.9 Å². The Hall–Kier alpha value is -3.53. The largest absolute Gasteiger partial charge is 0.491 e. The van der Waals surface area contributed by atoms with Crippen molar-refractivity contribution >= 4 is 17.6 Å². The minimum atomic E-state index is -0.223. The van der Waals surface area contributed by atoms with Crippen LogP contribution in [0, 0.1) is 5.92 Å². The molecule has 36 heavy (non-hydrogen) atoms. The summed E-state index contributed by atoms with van der Waals surface area (Å²) in [6.07, 6.45) is 15.1. The molecule has 1 amide bonds. The molecule has 1 saturated heterocycles. The molecule has 0 aromatic carbocycles. The zero-order valence-electron chi connectivity index (χ0n) is 20.5. The molecule has 1 aromatic heterocycles. The van der Waals surface area contributed by atoms with Crippen molar-refractivity contribution in [3.05, 3.63) is 59.4 Å². The molecule has 190 valence electrons. The second kappa shape index (κ2) is 9.50. The molecule has 2 aliphatic carbocycles. The highest BCUT2D eigenvalue weighted by Gasteiger charge is 2.35. The van der Waals surface area contributed by atoms with E-state index >= 15 is 0 Å². The highest BCUT2D eigenvalue weighted by Crippen LogP contribution is 2.32. The van der Waals surface area contributed by atoms with Crippen molar-refractivity contribution in [1.29, 1.82) is 0 Å². The van der Waals surface area contributed by atoms with Gasteiger partial charge in [-0.1, -0.05) is 24.3 Å². The summed E-state index contributed by atoms with van der Waals surface area (Å²) in [5, 5.41) is 15.8. The molecule has 0 radical (unpaired) electrons. The summed E-state index contributed by atoms with van der Waals surface area (Å²) in [5.41, 5.74) is 2.57. The Balaban J connectivity index is 1.18. The predicted octanol–water partition coefficient (Wildman–Crippen LogP) is 1.49. The number of amidine groups is 1. The summed E-state index contributed by atoms with van der Waals surface area (Å²) in [7, 11) is 1.94. The van der Waals surface area contributed by atoms with Gasteiger partial charge in [0.2, 0.25) is 0 Å². The molecule has 0 spiro atoms. The number of allylic oxidation sites excluding steroid dienone is 3. The van der Waals surface area contributed by atoms with E-state index in [4.69, 9.17) is 9.73 Å². The van der Waals surface area contributed by atoms with Crippen molar-refractivity contribution in [2.75, 3.05) is 38.7 Å². The average molecular weight is 492 g/mol. The van der Waals surface area contributed by atoms with Gasteiger partial charge in [-0.15, -0.1) is 0 Å². The first-order chi connectivity index (χ1) is 17.6. The van der Waals surface area contributed by atoms with Gasteiger partial charge in [-0.05, 0) is 31.6 Å². The van der Waals surface area contributed by atoms with Crippen LogP contribution in [0.3, 0.4) is 0 Å². The first-order valence-corrected chi connectivity index (χ1v) is 12.8. The van der Waals surface area contributed by atoms with E-state index in [1.807, 2.05) is 30.2 Å². The fourth-order valence-corrected chi connectivity index (χ4v) is 5.68. The van der Waals surface area contributed by atoms with Crippen LogP contribution in [0.25, 0.3) is 0 Å². The number of nitrogens with zero attached hydrogens (tertiary/aromatic N) is 4. The molecule has 10 nitrogen and oxygen atoms in total. The molecular weight excluding hydrogens is 458 g/mol. The monoisotopic (exact) mass is 491 g/mol. The number of amides is 1. The number of likely N-dealkylation sites (N-methyl/N-ethyl adjacent to an activating group) is 1. The Kier molecular flexibility index (Phi) is 6.04. The number of fused-ring (bicyclic) bond motifs is 2. The van der Waals surface area contributed by atoms with Crippen molar-refractivity contribution in [2.45, 2.75) is 43.9 Å². The smallest absolute Gasteiger partial charge is 0.267 e. The number of imidazole rings is 1. The molecule has 6 rings (SSSR count). The average Bonchev–Trinajstić information content (AvgIpc) is 3.55. The van der Waals surface area contributed by atoms with Crippen molar-refractivity contribution in [3.8, 4) is 0 Å². The molecule has 10 heteroatoms. The van der Waals surface area contributed by atoms with Gasteiger partial charge in [0.25, 0.3) is 5.91 Å². The molecule has 3 aliphatic heterocycles. The molecule has 1 saturated carbocycles. The van der Waals surface area contributed by atoms with Crippen molar-refractivity contribution in [2.24, 2.45) is 10.9 Å². The van der Waals surface area contributed by atoms with Gasteiger partial charge < -0.3 is 35.3 Å². The number of aliphatic hydroxyl groups is 1. The van der Waals surface area contributed by atoms with Gasteiger partial charge in [0.15, 0.2) is 11.7 Å². The van der Waals surface area contributed by atoms with Crippen LogP contribution in [0.4, 0.5) is 5.82 Å². The van der Waals surface area contributed by atoms with Crippen molar-refractivity contribution < 1.29 is 14.6 Å². The molecule has 4 heterocycles. The number of H-pyrrole nitrogens is 1. The number of carbonyl (C=O) groups excluding carboxylic acids is 1. The van der Waals surface area contributed by atoms with Crippen LogP contribution in [-0.4, -0.2) is 88.2 Å². The number of ether oxygens (including phenoxy) is 1. The van der Waals surface area contributed by atoms with Gasteiger partial charge in [-0.2, -0.15) is 0 Å². The zero-order chi connectivity index (χ0) is 24.6. The van der Waals surface area contributed by atoms with Gasteiger partial charge in [0, 0.05) is 31.8 Å². The first-order valence-electron chi connectivity index (χ1n) is 12.8. The predicted molar refractivity (Wildman–Crippen MR) is 136 cm³/mol. The summed E-state index contributed by atoms with van der Waals surface area (Å²) >= 11 is 0. The molecule has 2 fully saturated rings. The summed E-state index contributed by atoms with van der Waals surface area (Å²) in [5.74, 6) is 2.75. The summed E-state index contributed by atoms with van der Waals surface area (Å²) < 4.78 is 6.47. The fraction of sp³-hybridized carbons (Fsp3) is 0.500. The maximum absolute atomic E-state index is 13.1. The summed E-state index contributed by atoms with van der Waals surface area (Å²) in [6.45, 7) is 2.52. The molecule has 1 unspecified atom stereocenters. The van der Waals surface area contributed by atoms with Crippen LogP contribution < -0.4 is 10.6 Å². The van der Waals surface area contributed by atoms with E-state index in [1.165, 1.54) is 0 Å². The van der Waals surface area contributed by atoms with E-state index in [-0.39, 0.29) is 24.1 Å². The van der Waals surface area contributed by atoms with Crippen LogP contribution in [-0.2, 0) is 9.53 Å². The van der Waals surface area contributed by atoms with Crippen molar-refractivity contribution in [3.63, 3.8) is 0 Å². The minimum Gasteiger partial charge on any atom is -0.491 e. The number of carbonyl (C=O) groups is 1. The highest BCUT2D eigenvalue weighted by molar-refractivity contribution is 6.02. The number of rotatable bonds is 6. The number of nitrogens with one attached hydrogen (secondary N) is 3. The number of aliphatic hydroxyl groups excluding tert-OH is 1. The van der Waals surface area contributed by atoms with E-state index in [9.17, 15) is 9.90 Å². The number of aliphatic imine (C=N–C) groups is 1. The lowest BCUT2D eigenvalue weighted by Crippen LogP contribution is -2.44. The van der Waals surface area contributed by atoms with Crippen LogP contribution in [0.5, 0.6) is 0 Å². The Bertz CT molecular complexity index is 1170. The zero-order valence-corrected chi connectivity index (χ0v) is 20.5. The second-order valence-electron chi connectivity index (χ2n) is 10.1. The number of aromatic amines is 1. The minimum absolute atomic E-state index is 0.0534. The van der Waals surface area contributed by atoms with Crippen LogP contribution in [0.1, 0.15) is 31.4 Å². The lowest BCUT2D eigenvalue weighted by atomic mass is 9.82. The van der Waals surface area contributed by atoms with Gasteiger partial charge >= 0.3 is 0 Å². The van der Waals surface area contributed by atoms with Gasteiger partial charge in [0.05, 0.1) is 24.5 Å². The highest BCUT2D eigenvalue weighted by atomic mass is 16.5. The van der Waals surface area contributed by atoms with E-state index in [0.29, 0.717) is 31.4 Å². The van der Waals surface area contributed by atoms with Crippen LogP contribution in [0.15, 0.2) is 58.7 Å². The summed E-state index contributed by atoms with van der Waals surface area (Å²) in [4.78, 5) is 29.7. The molecule has 2 atom stereocenters. The molecule has 1 aromatic rings. The van der Waals surface area contributed by atoms with Gasteiger partial charge in [0.1, 0.15) is 30.4 Å². The fourth-order valence-electron chi connectivity index (χ4n) is 5.68. The topological polar surface area (TPSA) is 118 Å². The van der Waals surface area contributed by atoms with E-state index in [2.05, 4.69) is 37.7 Å². The first kappa shape index (κ1) is 22.9.